The highest BCUT2D eigenvalue weighted by Gasteiger charge is 2.50. The van der Waals surface area contributed by atoms with Crippen molar-refractivity contribution in [3.8, 4) is 5.75 Å². The summed E-state index contributed by atoms with van der Waals surface area (Å²) in [4.78, 5) is 37.9. The fourth-order valence-electron chi connectivity index (χ4n) is 2.37. The van der Waals surface area contributed by atoms with E-state index in [-0.39, 0.29) is 16.0 Å². The van der Waals surface area contributed by atoms with Crippen LogP contribution in [0.15, 0.2) is 35.1 Å². The molecule has 1 aliphatic heterocycles. The van der Waals surface area contributed by atoms with Gasteiger partial charge in [-0.05, 0) is 42.4 Å². The van der Waals surface area contributed by atoms with Gasteiger partial charge in [0.25, 0.3) is 0 Å². The van der Waals surface area contributed by atoms with Crippen molar-refractivity contribution in [3.63, 3.8) is 0 Å². The first-order valence-corrected chi connectivity index (χ1v) is 10.2. The molecule has 0 radical (unpaired) electrons. The zero-order valence-corrected chi connectivity index (χ0v) is 18.2. The molecule has 1 fully saturated rings. The number of benzene rings is 1. The van der Waals surface area contributed by atoms with E-state index in [1.165, 1.54) is 12.1 Å². The van der Waals surface area contributed by atoms with Crippen molar-refractivity contribution in [2.24, 2.45) is 11.3 Å². The standard InChI is InChI=1S/C19H21Cl2NO5S/c1-5-12-14(21)22(15(12)23)13(16(24)25)17(28-18(26)19(2,3)4)27-11-8-6-10(20)7-9-11/h6-9,12,14H,5H2,1-4H3,(H,24,25). The van der Waals surface area contributed by atoms with Crippen LogP contribution in [0.25, 0.3) is 0 Å². The SMILES string of the molecule is CCC1C(=O)N(C(C(=O)O)=C(Oc2ccc(Cl)cc2)SC(=O)C(C)(C)C)C1Cl. The van der Waals surface area contributed by atoms with Crippen molar-refractivity contribution < 1.29 is 24.2 Å². The highest BCUT2D eigenvalue weighted by atomic mass is 35.5. The summed E-state index contributed by atoms with van der Waals surface area (Å²) < 4.78 is 5.71. The summed E-state index contributed by atoms with van der Waals surface area (Å²) in [5.74, 6) is -2.03. The number of rotatable bonds is 6. The quantitative estimate of drug-likeness (QED) is 0.224. The number of likely N-dealkylation sites (tertiary alicyclic amines) is 1. The van der Waals surface area contributed by atoms with E-state index >= 15 is 0 Å². The Labute approximate surface area is 177 Å². The van der Waals surface area contributed by atoms with Crippen LogP contribution in [0.4, 0.5) is 0 Å². The smallest absolute Gasteiger partial charge is 0.357 e. The van der Waals surface area contributed by atoms with E-state index in [1.54, 1.807) is 39.8 Å². The van der Waals surface area contributed by atoms with Crippen molar-refractivity contribution in [1.82, 2.24) is 4.90 Å². The van der Waals surface area contributed by atoms with Gasteiger partial charge in [0.1, 0.15) is 11.3 Å². The summed E-state index contributed by atoms with van der Waals surface area (Å²) in [6.07, 6.45) is 0.484. The molecule has 1 heterocycles. The summed E-state index contributed by atoms with van der Waals surface area (Å²) in [6.45, 7) is 6.90. The molecule has 2 unspecified atom stereocenters. The van der Waals surface area contributed by atoms with Gasteiger partial charge in [-0.2, -0.15) is 0 Å². The number of amides is 1. The number of carboxylic acids is 1. The van der Waals surface area contributed by atoms with Crippen LogP contribution in [0.1, 0.15) is 34.1 Å². The van der Waals surface area contributed by atoms with Gasteiger partial charge >= 0.3 is 5.97 Å². The van der Waals surface area contributed by atoms with E-state index in [4.69, 9.17) is 27.9 Å². The number of carboxylic acid groups (broad SMARTS) is 1. The maximum Gasteiger partial charge on any atom is 0.357 e. The van der Waals surface area contributed by atoms with Crippen LogP contribution in [0.3, 0.4) is 0 Å². The molecule has 1 amide bonds. The average Bonchev–Trinajstić information content (AvgIpc) is 2.60. The van der Waals surface area contributed by atoms with Gasteiger partial charge in [-0.1, -0.05) is 50.9 Å². The van der Waals surface area contributed by atoms with Gasteiger partial charge in [0.15, 0.2) is 10.8 Å². The first-order valence-electron chi connectivity index (χ1n) is 8.57. The molecule has 9 heteroatoms. The maximum atomic E-state index is 12.6. The number of carbonyl (C=O) groups excluding carboxylic acids is 2. The summed E-state index contributed by atoms with van der Waals surface area (Å²) in [5, 5.41) is 9.71. The molecule has 1 N–H and O–H groups in total. The first kappa shape index (κ1) is 22.6. The maximum absolute atomic E-state index is 12.6. The molecule has 1 aromatic carbocycles. The largest absolute Gasteiger partial charge is 0.476 e. The molecular formula is C19H21Cl2NO5S. The number of halogens is 2. The lowest BCUT2D eigenvalue weighted by Crippen LogP contribution is -2.58. The van der Waals surface area contributed by atoms with Crippen molar-refractivity contribution in [2.75, 3.05) is 0 Å². The number of thioether (sulfide) groups is 1. The molecule has 1 saturated heterocycles. The topological polar surface area (TPSA) is 83.9 Å². The zero-order valence-electron chi connectivity index (χ0n) is 15.9. The lowest BCUT2D eigenvalue weighted by molar-refractivity contribution is -0.152. The van der Waals surface area contributed by atoms with E-state index in [0.29, 0.717) is 23.2 Å². The molecule has 1 aromatic rings. The number of carbonyl (C=O) groups is 3. The molecule has 1 aliphatic rings. The van der Waals surface area contributed by atoms with Crippen molar-refractivity contribution >= 4 is 52.0 Å². The number of alkyl halides is 1. The molecule has 2 rings (SSSR count). The molecule has 0 bridgehead atoms. The monoisotopic (exact) mass is 445 g/mol. The Balaban J connectivity index is 2.51. The summed E-state index contributed by atoms with van der Waals surface area (Å²) >= 11 is 12.7. The van der Waals surface area contributed by atoms with Crippen molar-refractivity contribution in [1.29, 1.82) is 0 Å². The number of ether oxygens (including phenoxy) is 1. The van der Waals surface area contributed by atoms with Crippen LogP contribution in [-0.4, -0.2) is 32.5 Å². The summed E-state index contributed by atoms with van der Waals surface area (Å²) in [6, 6.07) is 6.21. The third-order valence-electron chi connectivity index (χ3n) is 4.03. The lowest BCUT2D eigenvalue weighted by atomic mass is 9.94. The molecule has 0 spiro atoms. The van der Waals surface area contributed by atoms with Gasteiger partial charge < -0.3 is 9.84 Å². The Morgan fingerprint density at radius 3 is 2.25 bits per heavy atom. The minimum atomic E-state index is -1.41. The van der Waals surface area contributed by atoms with Gasteiger partial charge in [0.05, 0.1) is 5.92 Å². The van der Waals surface area contributed by atoms with Crippen LogP contribution < -0.4 is 4.74 Å². The van der Waals surface area contributed by atoms with Crippen molar-refractivity contribution in [3.05, 3.63) is 40.1 Å². The molecule has 2 atom stereocenters. The predicted octanol–water partition coefficient (Wildman–Crippen LogP) is 4.71. The number of nitrogens with zero attached hydrogens (tertiary/aromatic N) is 1. The second kappa shape index (κ2) is 8.76. The molecule has 6 nitrogen and oxygen atoms in total. The average molecular weight is 446 g/mol. The number of hydrogen-bond donors (Lipinski definition) is 1. The van der Waals surface area contributed by atoms with E-state index < -0.39 is 34.4 Å². The van der Waals surface area contributed by atoms with Crippen LogP contribution >= 0.6 is 35.0 Å². The Bertz CT molecular complexity index is 817. The lowest BCUT2D eigenvalue weighted by Gasteiger charge is -2.43. The Kier molecular flexibility index (Phi) is 7.07. The van der Waals surface area contributed by atoms with E-state index in [1.807, 2.05) is 0 Å². The fraction of sp³-hybridized carbons (Fsp3) is 0.421. The normalized spacial score (nSPS) is 20.4. The third-order valence-corrected chi connectivity index (χ3v) is 6.04. The molecule has 0 aromatic heterocycles. The summed E-state index contributed by atoms with van der Waals surface area (Å²) in [5.41, 5.74) is -2.03. The molecule has 152 valence electrons. The predicted molar refractivity (Wildman–Crippen MR) is 109 cm³/mol. The van der Waals surface area contributed by atoms with Crippen LogP contribution in [0.2, 0.25) is 5.02 Å². The second-order valence-corrected chi connectivity index (χ2v) is 9.06. The van der Waals surface area contributed by atoms with Gasteiger partial charge in [-0.15, -0.1) is 0 Å². The van der Waals surface area contributed by atoms with Gasteiger partial charge in [-0.3, -0.25) is 14.5 Å². The molecule has 0 aliphatic carbocycles. The van der Waals surface area contributed by atoms with Crippen LogP contribution in [0, 0.1) is 11.3 Å². The van der Waals surface area contributed by atoms with Gasteiger partial charge in [-0.25, -0.2) is 4.79 Å². The number of hydrogen-bond acceptors (Lipinski definition) is 5. The second-order valence-electron chi connectivity index (χ2n) is 7.23. The Morgan fingerprint density at radius 2 is 1.82 bits per heavy atom. The molecule has 28 heavy (non-hydrogen) atoms. The molecular weight excluding hydrogens is 425 g/mol. The zero-order chi connectivity index (χ0) is 21.2. The van der Waals surface area contributed by atoms with Crippen LogP contribution in [0.5, 0.6) is 5.75 Å². The van der Waals surface area contributed by atoms with Gasteiger partial charge in [0.2, 0.25) is 11.0 Å². The first-order chi connectivity index (χ1) is 13.0. The highest BCUT2D eigenvalue weighted by Crippen LogP contribution is 2.40. The minimum absolute atomic E-state index is 0.219. The van der Waals surface area contributed by atoms with Gasteiger partial charge in [0, 0.05) is 10.4 Å². The van der Waals surface area contributed by atoms with Crippen LogP contribution in [-0.2, 0) is 14.4 Å². The van der Waals surface area contributed by atoms with E-state index in [9.17, 15) is 19.5 Å². The van der Waals surface area contributed by atoms with E-state index in [2.05, 4.69) is 0 Å². The number of aliphatic carboxylic acids is 1. The van der Waals surface area contributed by atoms with E-state index in [0.717, 1.165) is 4.90 Å². The fourth-order valence-corrected chi connectivity index (χ4v) is 3.87. The Hall–Kier alpha value is -1.70. The number of β-lactam (4-membered cyclic amide) rings is 1. The van der Waals surface area contributed by atoms with Crippen molar-refractivity contribution in [2.45, 2.75) is 39.6 Å². The molecule has 0 saturated carbocycles. The Morgan fingerprint density at radius 1 is 1.25 bits per heavy atom. The third kappa shape index (κ3) is 4.82. The minimum Gasteiger partial charge on any atom is -0.476 e. The highest BCUT2D eigenvalue weighted by molar-refractivity contribution is 8.16. The summed E-state index contributed by atoms with van der Waals surface area (Å²) in [7, 11) is 0.